The highest BCUT2D eigenvalue weighted by atomic mass is 32.1. The minimum absolute atomic E-state index is 0.483. The van der Waals surface area contributed by atoms with Gasteiger partial charge in [0.25, 0.3) is 0 Å². The number of hydrogen-bond acceptors (Lipinski definition) is 5. The van der Waals surface area contributed by atoms with Crippen molar-refractivity contribution in [3.63, 3.8) is 0 Å². The van der Waals surface area contributed by atoms with Gasteiger partial charge in [-0.2, -0.15) is 0 Å². The van der Waals surface area contributed by atoms with Crippen LogP contribution in [0.25, 0.3) is 0 Å². The maximum atomic E-state index is 5.09. The lowest BCUT2D eigenvalue weighted by molar-refractivity contribution is 0.199. The molecule has 1 aromatic rings. The highest BCUT2D eigenvalue weighted by Gasteiger charge is 2.31. The van der Waals surface area contributed by atoms with Crippen molar-refractivity contribution in [1.82, 2.24) is 10.3 Å². The lowest BCUT2D eigenvalue weighted by Gasteiger charge is -2.20. The van der Waals surface area contributed by atoms with Gasteiger partial charge in [-0.15, -0.1) is 11.3 Å². The monoisotopic (exact) mass is 311 g/mol. The molecule has 2 rings (SSSR count). The van der Waals surface area contributed by atoms with Crippen LogP contribution in [-0.4, -0.2) is 37.8 Å². The van der Waals surface area contributed by atoms with Gasteiger partial charge < -0.3 is 15.0 Å². The summed E-state index contributed by atoms with van der Waals surface area (Å²) in [5.41, 5.74) is 1.27. The van der Waals surface area contributed by atoms with E-state index in [1.807, 2.05) is 11.3 Å². The molecular formula is C16H29N3OS. The quantitative estimate of drug-likeness (QED) is 0.672. The maximum absolute atomic E-state index is 5.09. The number of rotatable bonds is 10. The first-order valence-electron chi connectivity index (χ1n) is 8.13. The lowest BCUT2D eigenvalue weighted by Crippen LogP contribution is -2.26. The van der Waals surface area contributed by atoms with Gasteiger partial charge in [0.15, 0.2) is 5.13 Å². The molecule has 5 heteroatoms. The highest BCUT2D eigenvalue weighted by Crippen LogP contribution is 2.37. The molecule has 1 saturated carbocycles. The Morgan fingerprint density at radius 2 is 2.19 bits per heavy atom. The molecule has 120 valence electrons. The maximum Gasteiger partial charge on any atom is 0.186 e. The molecule has 1 N–H and O–H groups in total. The molecular weight excluding hydrogens is 282 g/mol. The van der Waals surface area contributed by atoms with Crippen molar-refractivity contribution in [1.29, 1.82) is 0 Å². The van der Waals surface area contributed by atoms with Crippen LogP contribution in [0.2, 0.25) is 0 Å². The number of nitrogens with zero attached hydrogens (tertiary/aromatic N) is 2. The molecule has 1 fully saturated rings. The molecule has 1 aromatic heterocycles. The molecule has 1 heterocycles. The molecule has 0 spiro atoms. The fourth-order valence-corrected chi connectivity index (χ4v) is 3.77. The predicted octanol–water partition coefficient (Wildman–Crippen LogP) is 3.38. The Labute approximate surface area is 132 Å². The first kappa shape index (κ1) is 16.7. The van der Waals surface area contributed by atoms with E-state index >= 15 is 0 Å². The Bertz CT molecular complexity index is 429. The average molecular weight is 311 g/mol. The fraction of sp³-hybridized carbons (Fsp3) is 0.812. The largest absolute Gasteiger partial charge is 0.383 e. The van der Waals surface area contributed by atoms with E-state index in [2.05, 4.69) is 31.0 Å². The van der Waals surface area contributed by atoms with Crippen molar-refractivity contribution in [2.24, 2.45) is 0 Å². The Balaban J connectivity index is 2.07. The minimum Gasteiger partial charge on any atom is -0.383 e. The number of ether oxygens (including phenoxy) is 1. The standard InChI is InChI=1S/C16H29N3OS/c1-5-9-19(13-6-7-13)16-18-15(12(2)3)14(21-16)11-17-8-10-20-4/h12-13,17H,5-11H2,1-4H3. The smallest absolute Gasteiger partial charge is 0.186 e. The third-order valence-electron chi connectivity index (χ3n) is 3.73. The van der Waals surface area contributed by atoms with Crippen LogP contribution in [0.4, 0.5) is 5.13 Å². The van der Waals surface area contributed by atoms with E-state index < -0.39 is 0 Å². The molecule has 0 aromatic carbocycles. The second-order valence-electron chi connectivity index (χ2n) is 6.05. The van der Waals surface area contributed by atoms with Crippen LogP contribution in [0.1, 0.15) is 56.5 Å². The number of aromatic nitrogens is 1. The Hall–Kier alpha value is -0.650. The number of methoxy groups -OCH3 is 1. The van der Waals surface area contributed by atoms with Gasteiger partial charge in [0.2, 0.25) is 0 Å². The summed E-state index contributed by atoms with van der Waals surface area (Å²) in [6.07, 6.45) is 3.85. The lowest BCUT2D eigenvalue weighted by atomic mass is 10.1. The second kappa shape index (κ2) is 8.11. The van der Waals surface area contributed by atoms with Crippen LogP contribution in [0.15, 0.2) is 0 Å². The zero-order valence-corrected chi connectivity index (χ0v) is 14.6. The predicted molar refractivity (Wildman–Crippen MR) is 90.4 cm³/mol. The van der Waals surface area contributed by atoms with E-state index in [-0.39, 0.29) is 0 Å². The van der Waals surface area contributed by atoms with Gasteiger partial charge in [-0.3, -0.25) is 0 Å². The molecule has 1 aliphatic carbocycles. The summed E-state index contributed by atoms with van der Waals surface area (Å²) in [6, 6.07) is 0.741. The third-order valence-corrected chi connectivity index (χ3v) is 4.84. The van der Waals surface area contributed by atoms with Gasteiger partial charge in [0.1, 0.15) is 0 Å². The zero-order chi connectivity index (χ0) is 15.2. The topological polar surface area (TPSA) is 37.4 Å². The Morgan fingerprint density at radius 3 is 2.76 bits per heavy atom. The van der Waals surface area contributed by atoms with Crippen LogP contribution < -0.4 is 10.2 Å². The van der Waals surface area contributed by atoms with E-state index in [1.165, 1.54) is 35.0 Å². The molecule has 0 atom stereocenters. The molecule has 0 saturated heterocycles. The van der Waals surface area contributed by atoms with Crippen molar-refractivity contribution in [3.05, 3.63) is 10.6 Å². The molecule has 0 aliphatic heterocycles. The normalized spacial score (nSPS) is 14.9. The number of nitrogens with one attached hydrogen (secondary N) is 1. The van der Waals surface area contributed by atoms with Crippen molar-refractivity contribution in [2.75, 3.05) is 31.7 Å². The summed E-state index contributed by atoms with van der Waals surface area (Å²) < 4.78 is 5.09. The van der Waals surface area contributed by atoms with Gasteiger partial charge in [-0.1, -0.05) is 20.8 Å². The molecule has 21 heavy (non-hydrogen) atoms. The second-order valence-corrected chi connectivity index (χ2v) is 7.12. The minimum atomic E-state index is 0.483. The van der Waals surface area contributed by atoms with Crippen molar-refractivity contribution in [2.45, 2.75) is 58.5 Å². The van der Waals surface area contributed by atoms with Gasteiger partial charge >= 0.3 is 0 Å². The third kappa shape index (κ3) is 4.66. The van der Waals surface area contributed by atoms with Crippen molar-refractivity contribution in [3.8, 4) is 0 Å². The Morgan fingerprint density at radius 1 is 1.43 bits per heavy atom. The van der Waals surface area contributed by atoms with Gasteiger partial charge in [-0.25, -0.2) is 4.98 Å². The molecule has 0 bridgehead atoms. The van der Waals surface area contributed by atoms with Crippen molar-refractivity contribution >= 4 is 16.5 Å². The Kier molecular flexibility index (Phi) is 6.45. The average Bonchev–Trinajstić information content (AvgIpc) is 3.20. The van der Waals surface area contributed by atoms with E-state index in [0.29, 0.717) is 5.92 Å². The molecule has 0 amide bonds. The SMILES string of the molecule is CCCN(c1nc(C(C)C)c(CNCCOC)s1)C1CC1. The van der Waals surface area contributed by atoms with E-state index in [4.69, 9.17) is 9.72 Å². The fourth-order valence-electron chi connectivity index (χ4n) is 2.49. The van der Waals surface area contributed by atoms with Gasteiger partial charge in [-0.05, 0) is 25.2 Å². The van der Waals surface area contributed by atoms with Crippen molar-refractivity contribution < 1.29 is 4.74 Å². The molecule has 0 radical (unpaired) electrons. The molecule has 1 aliphatic rings. The van der Waals surface area contributed by atoms with Gasteiger partial charge in [0, 0.05) is 37.7 Å². The summed E-state index contributed by atoms with van der Waals surface area (Å²) >= 11 is 1.87. The van der Waals surface area contributed by atoms with Crippen LogP contribution in [0.5, 0.6) is 0 Å². The van der Waals surface area contributed by atoms with Crippen LogP contribution in [-0.2, 0) is 11.3 Å². The number of anilines is 1. The summed E-state index contributed by atoms with van der Waals surface area (Å²) in [6.45, 7) is 10.4. The van der Waals surface area contributed by atoms with Crippen LogP contribution >= 0.6 is 11.3 Å². The summed E-state index contributed by atoms with van der Waals surface area (Å²) in [7, 11) is 1.74. The number of thiazole rings is 1. The van der Waals surface area contributed by atoms with Gasteiger partial charge in [0.05, 0.1) is 12.3 Å². The van der Waals surface area contributed by atoms with Crippen LogP contribution in [0.3, 0.4) is 0 Å². The highest BCUT2D eigenvalue weighted by molar-refractivity contribution is 7.15. The van der Waals surface area contributed by atoms with E-state index in [1.54, 1.807) is 7.11 Å². The van der Waals surface area contributed by atoms with Crippen LogP contribution in [0, 0.1) is 0 Å². The first-order chi connectivity index (χ1) is 10.2. The zero-order valence-electron chi connectivity index (χ0n) is 13.8. The summed E-state index contributed by atoms with van der Waals surface area (Å²) in [5, 5.41) is 4.68. The summed E-state index contributed by atoms with van der Waals surface area (Å²) in [4.78, 5) is 8.87. The summed E-state index contributed by atoms with van der Waals surface area (Å²) in [5.74, 6) is 0.483. The van der Waals surface area contributed by atoms with E-state index in [9.17, 15) is 0 Å². The number of hydrogen-bond donors (Lipinski definition) is 1. The van der Waals surface area contributed by atoms with E-state index in [0.717, 1.165) is 32.3 Å². The first-order valence-corrected chi connectivity index (χ1v) is 8.94. The molecule has 0 unspecified atom stereocenters. The molecule has 4 nitrogen and oxygen atoms in total.